The van der Waals surface area contributed by atoms with Crippen molar-refractivity contribution in [3.63, 3.8) is 0 Å². The molecule has 2 heteroatoms. The van der Waals surface area contributed by atoms with Crippen LogP contribution in [0.4, 0.5) is 0 Å². The summed E-state index contributed by atoms with van der Waals surface area (Å²) in [6, 6.07) is 5.41. The first-order valence-electron chi connectivity index (χ1n) is 5.11. The minimum atomic E-state index is 0.0709. The van der Waals surface area contributed by atoms with Crippen LogP contribution in [0.5, 0.6) is 5.75 Å². The largest absolute Gasteiger partial charge is 0.465 e. The molecule has 1 aromatic rings. The van der Waals surface area contributed by atoms with Crippen LogP contribution in [0.2, 0.25) is 0 Å². The Balaban J connectivity index is 2.81. The van der Waals surface area contributed by atoms with Gasteiger partial charge >= 0.3 is 0 Å². The second kappa shape index (κ2) is 5.31. The van der Waals surface area contributed by atoms with Crippen LogP contribution in [0.3, 0.4) is 0 Å². The van der Waals surface area contributed by atoms with Crippen LogP contribution in [0, 0.1) is 6.92 Å². The van der Waals surface area contributed by atoms with E-state index in [0.717, 1.165) is 22.4 Å². The number of allylic oxidation sites excluding steroid dienone is 2. The van der Waals surface area contributed by atoms with Gasteiger partial charge in [-0.3, -0.25) is 4.79 Å². The quantitative estimate of drug-likeness (QED) is 0.436. The van der Waals surface area contributed by atoms with Gasteiger partial charge in [-0.2, -0.15) is 0 Å². The minimum Gasteiger partial charge on any atom is -0.465 e. The average Bonchev–Trinajstić information content (AvgIpc) is 2.16. The Bertz CT molecular complexity index is 442. The van der Waals surface area contributed by atoms with Gasteiger partial charge in [0.25, 0.3) is 0 Å². The van der Waals surface area contributed by atoms with Crippen molar-refractivity contribution in [1.82, 2.24) is 0 Å². The number of Topliss-reactive ketones (excluding diaryl/α,β-unsaturated/α-hetero) is 1. The van der Waals surface area contributed by atoms with E-state index in [1.165, 1.54) is 0 Å². The van der Waals surface area contributed by atoms with Crippen LogP contribution in [0.25, 0.3) is 0 Å². The smallest absolute Gasteiger partial charge is 0.160 e. The van der Waals surface area contributed by atoms with E-state index in [2.05, 4.69) is 6.58 Å². The fraction of sp³-hybridized carbons (Fsp3) is 0.214. The highest BCUT2D eigenvalue weighted by atomic mass is 16.5. The maximum atomic E-state index is 11.2. The SMILES string of the molecule is C=C(C)C=COc1ccc(C(C)=O)c(C)c1. The highest BCUT2D eigenvalue weighted by molar-refractivity contribution is 5.95. The van der Waals surface area contributed by atoms with E-state index in [0.29, 0.717) is 0 Å². The summed E-state index contributed by atoms with van der Waals surface area (Å²) in [5, 5.41) is 0. The minimum absolute atomic E-state index is 0.0709. The third-order valence-electron chi connectivity index (χ3n) is 2.13. The number of hydrogen-bond acceptors (Lipinski definition) is 2. The molecule has 0 spiro atoms. The third-order valence-corrected chi connectivity index (χ3v) is 2.13. The van der Waals surface area contributed by atoms with Crippen molar-refractivity contribution in [2.75, 3.05) is 0 Å². The summed E-state index contributed by atoms with van der Waals surface area (Å²) in [5.74, 6) is 0.793. The number of ketones is 1. The van der Waals surface area contributed by atoms with Gasteiger partial charge in [-0.25, -0.2) is 0 Å². The van der Waals surface area contributed by atoms with Gasteiger partial charge in [0.15, 0.2) is 5.78 Å². The van der Waals surface area contributed by atoms with Gasteiger partial charge in [-0.15, -0.1) is 0 Å². The van der Waals surface area contributed by atoms with Gasteiger partial charge in [-0.05, 0) is 50.6 Å². The second-order valence-electron chi connectivity index (χ2n) is 3.80. The van der Waals surface area contributed by atoms with Gasteiger partial charge in [0.2, 0.25) is 0 Å². The zero-order valence-electron chi connectivity index (χ0n) is 9.91. The molecule has 0 bridgehead atoms. The molecule has 0 atom stereocenters. The van der Waals surface area contributed by atoms with E-state index in [1.54, 1.807) is 31.4 Å². The van der Waals surface area contributed by atoms with Gasteiger partial charge in [0.1, 0.15) is 5.75 Å². The summed E-state index contributed by atoms with van der Waals surface area (Å²) >= 11 is 0. The van der Waals surface area contributed by atoms with Crippen molar-refractivity contribution in [1.29, 1.82) is 0 Å². The number of aryl methyl sites for hydroxylation is 1. The maximum Gasteiger partial charge on any atom is 0.160 e. The van der Waals surface area contributed by atoms with Crippen molar-refractivity contribution in [2.24, 2.45) is 0 Å². The Morgan fingerprint density at radius 3 is 2.56 bits per heavy atom. The van der Waals surface area contributed by atoms with Crippen LogP contribution in [0.1, 0.15) is 29.8 Å². The van der Waals surface area contributed by atoms with E-state index >= 15 is 0 Å². The Morgan fingerprint density at radius 1 is 1.38 bits per heavy atom. The van der Waals surface area contributed by atoms with E-state index in [-0.39, 0.29) is 5.78 Å². The zero-order chi connectivity index (χ0) is 12.1. The zero-order valence-corrected chi connectivity index (χ0v) is 9.91. The number of ether oxygens (including phenoxy) is 1. The lowest BCUT2D eigenvalue weighted by atomic mass is 10.1. The van der Waals surface area contributed by atoms with E-state index < -0.39 is 0 Å². The van der Waals surface area contributed by atoms with Crippen LogP contribution >= 0.6 is 0 Å². The molecule has 1 rings (SSSR count). The molecule has 0 aliphatic carbocycles. The van der Waals surface area contributed by atoms with E-state index in [4.69, 9.17) is 4.74 Å². The summed E-state index contributed by atoms with van der Waals surface area (Å²) in [4.78, 5) is 11.2. The van der Waals surface area contributed by atoms with Gasteiger partial charge in [-0.1, -0.05) is 12.2 Å². The second-order valence-corrected chi connectivity index (χ2v) is 3.80. The third kappa shape index (κ3) is 3.39. The lowest BCUT2D eigenvalue weighted by Crippen LogP contribution is -1.96. The highest BCUT2D eigenvalue weighted by Gasteiger charge is 2.04. The molecule has 84 valence electrons. The molecule has 16 heavy (non-hydrogen) atoms. The summed E-state index contributed by atoms with van der Waals surface area (Å²) < 4.78 is 5.38. The van der Waals surface area contributed by atoms with E-state index in [1.807, 2.05) is 19.9 Å². The van der Waals surface area contributed by atoms with Crippen LogP contribution in [-0.2, 0) is 0 Å². The van der Waals surface area contributed by atoms with Crippen molar-refractivity contribution in [2.45, 2.75) is 20.8 Å². The summed E-state index contributed by atoms with van der Waals surface area (Å²) in [6.07, 6.45) is 3.37. The molecule has 0 saturated carbocycles. The molecule has 0 aliphatic rings. The number of carbonyl (C=O) groups excluding carboxylic acids is 1. The van der Waals surface area contributed by atoms with Crippen LogP contribution in [-0.4, -0.2) is 5.78 Å². The lowest BCUT2D eigenvalue weighted by molar-refractivity contribution is 0.101. The lowest BCUT2D eigenvalue weighted by Gasteiger charge is -2.05. The maximum absolute atomic E-state index is 11.2. The molecule has 0 N–H and O–H groups in total. The summed E-state index contributed by atoms with van der Waals surface area (Å²) in [7, 11) is 0. The van der Waals surface area contributed by atoms with Gasteiger partial charge in [0.05, 0.1) is 6.26 Å². The number of carbonyl (C=O) groups is 1. The fourth-order valence-corrected chi connectivity index (χ4v) is 1.33. The normalized spacial score (nSPS) is 10.4. The standard InChI is InChI=1S/C14H16O2/c1-10(2)7-8-16-13-5-6-14(12(4)15)11(3)9-13/h5-9H,1H2,2-4H3. The topological polar surface area (TPSA) is 26.3 Å². The molecule has 0 amide bonds. The molecule has 0 unspecified atom stereocenters. The van der Waals surface area contributed by atoms with E-state index in [9.17, 15) is 4.79 Å². The molecular weight excluding hydrogens is 200 g/mol. The highest BCUT2D eigenvalue weighted by Crippen LogP contribution is 2.18. The first-order chi connectivity index (χ1) is 7.50. The van der Waals surface area contributed by atoms with Crippen LogP contribution in [0.15, 0.2) is 42.7 Å². The first kappa shape index (κ1) is 12.2. The van der Waals surface area contributed by atoms with Gasteiger partial charge < -0.3 is 4.74 Å². The summed E-state index contributed by atoms with van der Waals surface area (Å²) in [6.45, 7) is 9.08. The predicted octanol–water partition coefficient (Wildman–Crippen LogP) is 3.67. The monoisotopic (exact) mass is 216 g/mol. The van der Waals surface area contributed by atoms with Crippen molar-refractivity contribution < 1.29 is 9.53 Å². The predicted molar refractivity (Wildman–Crippen MR) is 65.8 cm³/mol. The Hall–Kier alpha value is -1.83. The molecule has 2 nitrogen and oxygen atoms in total. The first-order valence-corrected chi connectivity index (χ1v) is 5.11. The van der Waals surface area contributed by atoms with Crippen LogP contribution < -0.4 is 4.74 Å². The Kier molecular flexibility index (Phi) is 4.06. The van der Waals surface area contributed by atoms with Crippen molar-refractivity contribution in [3.8, 4) is 5.75 Å². The molecule has 0 radical (unpaired) electrons. The van der Waals surface area contributed by atoms with Gasteiger partial charge in [0, 0.05) is 5.56 Å². The molecule has 0 aliphatic heterocycles. The Labute approximate surface area is 96.2 Å². The molecule has 0 aromatic heterocycles. The van der Waals surface area contributed by atoms with Crippen molar-refractivity contribution in [3.05, 3.63) is 53.8 Å². The average molecular weight is 216 g/mol. The fourth-order valence-electron chi connectivity index (χ4n) is 1.33. The molecule has 0 saturated heterocycles. The number of rotatable bonds is 4. The van der Waals surface area contributed by atoms with Crippen molar-refractivity contribution >= 4 is 5.78 Å². The molecule has 0 fully saturated rings. The number of hydrogen-bond donors (Lipinski definition) is 0. The molecule has 0 heterocycles. The molecule has 1 aromatic carbocycles. The Morgan fingerprint density at radius 2 is 2.06 bits per heavy atom. The number of benzene rings is 1. The molecular formula is C14H16O2. The summed E-state index contributed by atoms with van der Waals surface area (Å²) in [5.41, 5.74) is 2.59.